The number of aromatic nitrogens is 1. The summed E-state index contributed by atoms with van der Waals surface area (Å²) < 4.78 is 5.18. The fourth-order valence-corrected chi connectivity index (χ4v) is 3.63. The molecule has 1 aromatic heterocycles. The Morgan fingerprint density at radius 1 is 1.28 bits per heavy atom. The van der Waals surface area contributed by atoms with E-state index >= 15 is 0 Å². The van der Waals surface area contributed by atoms with Crippen LogP contribution in [-0.4, -0.2) is 37.3 Å². The van der Waals surface area contributed by atoms with Crippen LogP contribution in [0.1, 0.15) is 30.0 Å². The molecule has 1 aliphatic heterocycles. The minimum absolute atomic E-state index is 0.0420. The van der Waals surface area contributed by atoms with Crippen molar-refractivity contribution in [3.05, 3.63) is 72.1 Å². The molecule has 1 amide bonds. The molecule has 1 aromatic carbocycles. The third kappa shape index (κ3) is 5.74. The number of aryl methyl sites for hydroxylation is 1. The number of methoxy groups -OCH3 is 1. The van der Waals surface area contributed by atoms with Crippen LogP contribution in [0.4, 0.5) is 0 Å². The molecule has 0 spiro atoms. The highest BCUT2D eigenvalue weighted by molar-refractivity contribution is 5.81. The molecule has 3 N–H and O–H groups in total. The Balaban J connectivity index is 1.62. The summed E-state index contributed by atoms with van der Waals surface area (Å²) in [6.07, 6.45) is 12.6. The summed E-state index contributed by atoms with van der Waals surface area (Å²) in [5.41, 5.74) is 7.66. The van der Waals surface area contributed by atoms with Crippen molar-refractivity contribution in [1.82, 2.24) is 10.3 Å². The summed E-state index contributed by atoms with van der Waals surface area (Å²) in [5, 5.41) is 3.33. The third-order valence-corrected chi connectivity index (χ3v) is 5.39. The minimum atomic E-state index is -0.535. The summed E-state index contributed by atoms with van der Waals surface area (Å²) in [6, 6.07) is 10.9. The number of nitrogens with one attached hydrogen (secondary N) is 1. The smallest absolute Gasteiger partial charge is 0.239 e. The predicted molar refractivity (Wildman–Crippen MR) is 115 cm³/mol. The van der Waals surface area contributed by atoms with E-state index in [0.717, 1.165) is 37.1 Å². The van der Waals surface area contributed by atoms with Gasteiger partial charge >= 0.3 is 0 Å². The summed E-state index contributed by atoms with van der Waals surface area (Å²) >= 11 is 0. The summed E-state index contributed by atoms with van der Waals surface area (Å²) in [7, 11) is 1.62. The van der Waals surface area contributed by atoms with Crippen molar-refractivity contribution in [2.45, 2.75) is 25.3 Å². The first kappa shape index (κ1) is 20.7. The lowest BCUT2D eigenvalue weighted by atomic mass is 9.78. The van der Waals surface area contributed by atoms with E-state index in [2.05, 4.69) is 27.4 Å². The Hall–Kier alpha value is -2.99. The molecule has 0 radical (unpaired) electrons. The third-order valence-electron chi connectivity index (χ3n) is 5.39. The second-order valence-electron chi connectivity index (χ2n) is 7.39. The van der Waals surface area contributed by atoms with Gasteiger partial charge in [0.2, 0.25) is 5.91 Å². The van der Waals surface area contributed by atoms with Gasteiger partial charge in [0.05, 0.1) is 7.11 Å². The number of ether oxygens (including phenoxy) is 1. The molecule has 2 heterocycles. The zero-order valence-corrected chi connectivity index (χ0v) is 16.8. The van der Waals surface area contributed by atoms with Crippen LogP contribution in [0.25, 0.3) is 0 Å². The first-order valence-corrected chi connectivity index (χ1v) is 9.85. The Labute approximate surface area is 171 Å². The maximum atomic E-state index is 12.0. The van der Waals surface area contributed by atoms with Gasteiger partial charge in [-0.25, -0.2) is 0 Å². The molecule has 0 saturated carbocycles. The number of hydrogen-bond donors (Lipinski definition) is 2. The van der Waals surface area contributed by atoms with Crippen LogP contribution in [0, 0.1) is 5.41 Å². The lowest BCUT2D eigenvalue weighted by Gasteiger charge is -2.31. The van der Waals surface area contributed by atoms with Crippen LogP contribution in [0.2, 0.25) is 0 Å². The van der Waals surface area contributed by atoms with E-state index in [-0.39, 0.29) is 5.41 Å². The maximum Gasteiger partial charge on any atom is 0.239 e. The maximum absolute atomic E-state index is 12.0. The number of carbonyl (C=O) groups is 1. The van der Waals surface area contributed by atoms with Crippen LogP contribution in [0.15, 0.2) is 65.9 Å². The number of allylic oxidation sites excluding steroid dienone is 1. The number of nitrogens with zero attached hydrogens (tertiary/aromatic N) is 2. The molecule has 2 unspecified atom stereocenters. The normalized spacial score (nSPS) is 19.1. The number of rotatable bonds is 10. The Kier molecular flexibility index (Phi) is 7.14. The van der Waals surface area contributed by atoms with E-state index in [9.17, 15) is 4.79 Å². The van der Waals surface area contributed by atoms with Crippen LogP contribution >= 0.6 is 0 Å². The predicted octanol–water partition coefficient (Wildman–Crippen LogP) is 2.86. The van der Waals surface area contributed by atoms with Gasteiger partial charge in [-0.15, -0.1) is 0 Å². The van der Waals surface area contributed by atoms with E-state index in [1.807, 2.05) is 48.8 Å². The molecule has 6 heteroatoms. The molecular weight excluding hydrogens is 364 g/mol. The summed E-state index contributed by atoms with van der Waals surface area (Å²) in [4.78, 5) is 20.7. The van der Waals surface area contributed by atoms with Gasteiger partial charge in [-0.3, -0.25) is 14.8 Å². The number of primary amides is 1. The lowest BCUT2D eigenvalue weighted by molar-refractivity contribution is -0.120. The monoisotopic (exact) mass is 392 g/mol. The molecule has 1 aliphatic rings. The van der Waals surface area contributed by atoms with Crippen molar-refractivity contribution < 1.29 is 9.53 Å². The summed E-state index contributed by atoms with van der Waals surface area (Å²) in [5.74, 6) is 0.355. The van der Waals surface area contributed by atoms with Gasteiger partial charge in [0.25, 0.3) is 0 Å². The van der Waals surface area contributed by atoms with E-state index < -0.39 is 11.9 Å². The molecule has 6 nitrogen and oxygen atoms in total. The van der Waals surface area contributed by atoms with Crippen LogP contribution in [0.5, 0.6) is 5.75 Å². The number of dihydropyridines is 1. The molecule has 29 heavy (non-hydrogen) atoms. The molecule has 2 aromatic rings. The molecule has 2 atom stereocenters. The number of pyridine rings is 1. The molecule has 0 fully saturated rings. The lowest BCUT2D eigenvalue weighted by Crippen LogP contribution is -2.37. The minimum Gasteiger partial charge on any atom is -0.497 e. The van der Waals surface area contributed by atoms with Crippen molar-refractivity contribution in [3.8, 4) is 5.75 Å². The van der Waals surface area contributed by atoms with Gasteiger partial charge in [0, 0.05) is 30.6 Å². The molecule has 0 saturated heterocycles. The Morgan fingerprint density at radius 2 is 2.10 bits per heavy atom. The first-order chi connectivity index (χ1) is 14.1. The van der Waals surface area contributed by atoms with E-state index in [1.54, 1.807) is 13.3 Å². The van der Waals surface area contributed by atoms with E-state index in [0.29, 0.717) is 6.54 Å². The van der Waals surface area contributed by atoms with Crippen molar-refractivity contribution in [3.63, 3.8) is 0 Å². The topological polar surface area (TPSA) is 89.6 Å². The van der Waals surface area contributed by atoms with Gasteiger partial charge in [0.1, 0.15) is 11.8 Å². The first-order valence-electron chi connectivity index (χ1n) is 9.85. The van der Waals surface area contributed by atoms with E-state index in [1.165, 1.54) is 5.56 Å². The molecule has 0 bridgehead atoms. The zero-order valence-electron chi connectivity index (χ0n) is 16.8. The van der Waals surface area contributed by atoms with Gasteiger partial charge in [-0.2, -0.15) is 0 Å². The van der Waals surface area contributed by atoms with Crippen molar-refractivity contribution in [2.75, 3.05) is 20.2 Å². The van der Waals surface area contributed by atoms with Gasteiger partial charge < -0.3 is 15.8 Å². The fraction of sp³-hybridized carbons (Fsp3) is 0.348. The largest absolute Gasteiger partial charge is 0.497 e. The zero-order chi connectivity index (χ0) is 20.5. The van der Waals surface area contributed by atoms with E-state index in [4.69, 9.17) is 10.5 Å². The SMILES string of the molecule is COc1ccc(C(NCCC2(CCc3cccnc3)C=CC=NC2)C(N)=O)cc1. The average Bonchev–Trinajstić information content (AvgIpc) is 2.77. The highest BCUT2D eigenvalue weighted by Gasteiger charge is 2.28. The summed E-state index contributed by atoms with van der Waals surface area (Å²) in [6.45, 7) is 1.40. The van der Waals surface area contributed by atoms with Gasteiger partial charge in [0.15, 0.2) is 0 Å². The van der Waals surface area contributed by atoms with Crippen molar-refractivity contribution >= 4 is 12.1 Å². The second-order valence-corrected chi connectivity index (χ2v) is 7.39. The van der Waals surface area contributed by atoms with Crippen molar-refractivity contribution in [1.29, 1.82) is 0 Å². The fourth-order valence-electron chi connectivity index (χ4n) is 3.63. The quantitative estimate of drug-likeness (QED) is 0.651. The molecule has 0 aliphatic carbocycles. The number of benzene rings is 1. The second kappa shape index (κ2) is 9.98. The van der Waals surface area contributed by atoms with Crippen molar-refractivity contribution in [2.24, 2.45) is 16.1 Å². The highest BCUT2D eigenvalue weighted by Crippen LogP contribution is 2.32. The standard InChI is InChI=1S/C23H28N4O2/c1-29-20-7-5-19(6-8-20)21(22(24)28)27-15-12-23(10-3-14-26-17-23)11-9-18-4-2-13-25-16-18/h2-8,10,13-14,16,21,27H,9,11-12,15,17H2,1H3,(H2,24,28). The van der Waals surface area contributed by atoms with Crippen LogP contribution < -0.4 is 15.8 Å². The number of carbonyl (C=O) groups excluding carboxylic acids is 1. The molecule has 152 valence electrons. The molecular formula is C23H28N4O2. The van der Waals surface area contributed by atoms with Crippen LogP contribution in [0.3, 0.4) is 0 Å². The number of nitrogens with two attached hydrogens (primary N) is 1. The van der Waals surface area contributed by atoms with Gasteiger partial charge in [-0.05, 0) is 61.2 Å². The molecule has 3 rings (SSSR count). The Morgan fingerprint density at radius 3 is 2.72 bits per heavy atom. The number of hydrogen-bond acceptors (Lipinski definition) is 5. The van der Waals surface area contributed by atoms with Crippen LogP contribution in [-0.2, 0) is 11.2 Å². The number of aliphatic imine (C=N–C) groups is 1. The van der Waals surface area contributed by atoms with Gasteiger partial charge in [-0.1, -0.05) is 24.3 Å². The Bertz CT molecular complexity index is 849. The number of amides is 1. The highest BCUT2D eigenvalue weighted by atomic mass is 16.5. The average molecular weight is 393 g/mol.